The number of hydrogen-bond donors (Lipinski definition) is 2. The van der Waals surface area contributed by atoms with E-state index in [2.05, 4.69) is 15.0 Å². The number of fused-ring (bicyclic) bond motifs is 1. The number of nitrogens with one attached hydrogen (secondary N) is 2. The molecular formula is C17H22N2O3. The van der Waals surface area contributed by atoms with E-state index in [0.29, 0.717) is 18.7 Å². The Labute approximate surface area is 130 Å². The lowest BCUT2D eigenvalue weighted by atomic mass is 10.2. The molecule has 2 N–H and O–H groups in total. The van der Waals surface area contributed by atoms with Gasteiger partial charge in [0, 0.05) is 23.9 Å². The van der Waals surface area contributed by atoms with Gasteiger partial charge in [0.2, 0.25) is 0 Å². The van der Waals surface area contributed by atoms with Gasteiger partial charge in [-0.1, -0.05) is 18.6 Å². The molecule has 0 unspecified atom stereocenters. The van der Waals surface area contributed by atoms with Crippen LogP contribution < -0.4 is 5.32 Å². The van der Waals surface area contributed by atoms with Crippen molar-refractivity contribution < 1.29 is 14.3 Å². The Bertz CT molecular complexity index is 661. The molecular weight excluding hydrogens is 280 g/mol. The number of unbranched alkanes of at least 4 members (excludes halogenated alkanes) is 2. The Hall–Kier alpha value is -2.30. The van der Waals surface area contributed by atoms with E-state index in [1.807, 2.05) is 31.2 Å². The van der Waals surface area contributed by atoms with Gasteiger partial charge in [-0.2, -0.15) is 0 Å². The van der Waals surface area contributed by atoms with E-state index in [4.69, 9.17) is 0 Å². The first-order chi connectivity index (χ1) is 10.6. The highest BCUT2D eigenvalue weighted by atomic mass is 16.5. The van der Waals surface area contributed by atoms with E-state index >= 15 is 0 Å². The van der Waals surface area contributed by atoms with Crippen molar-refractivity contribution in [2.24, 2.45) is 0 Å². The van der Waals surface area contributed by atoms with Crippen LogP contribution in [0.4, 0.5) is 0 Å². The smallest absolute Gasteiger partial charge is 0.305 e. The molecule has 5 heteroatoms. The summed E-state index contributed by atoms with van der Waals surface area (Å²) in [4.78, 5) is 26.2. The summed E-state index contributed by atoms with van der Waals surface area (Å²) in [6.07, 6.45) is 2.96. The van der Waals surface area contributed by atoms with Crippen LogP contribution >= 0.6 is 0 Å². The van der Waals surface area contributed by atoms with Gasteiger partial charge in [-0.15, -0.1) is 0 Å². The molecule has 0 aliphatic rings. The summed E-state index contributed by atoms with van der Waals surface area (Å²) < 4.78 is 4.58. The number of ether oxygens (including phenoxy) is 1. The van der Waals surface area contributed by atoms with E-state index in [1.54, 1.807) is 0 Å². The molecule has 1 aromatic heterocycles. The van der Waals surface area contributed by atoms with Crippen LogP contribution in [0, 0.1) is 6.92 Å². The number of aryl methyl sites for hydroxylation is 1. The normalized spacial score (nSPS) is 10.6. The highest BCUT2D eigenvalue weighted by molar-refractivity contribution is 5.98. The van der Waals surface area contributed by atoms with Crippen LogP contribution in [0.5, 0.6) is 0 Å². The number of amides is 1. The fraction of sp³-hybridized carbons (Fsp3) is 0.412. The summed E-state index contributed by atoms with van der Waals surface area (Å²) in [7, 11) is 1.39. The lowest BCUT2D eigenvalue weighted by Crippen LogP contribution is -2.24. The maximum atomic E-state index is 12.1. The van der Waals surface area contributed by atoms with Crippen molar-refractivity contribution in [2.45, 2.75) is 32.6 Å². The number of benzene rings is 1. The van der Waals surface area contributed by atoms with Crippen molar-refractivity contribution in [1.82, 2.24) is 10.3 Å². The second kappa shape index (κ2) is 7.64. The van der Waals surface area contributed by atoms with Gasteiger partial charge in [-0.25, -0.2) is 0 Å². The molecule has 1 aromatic carbocycles. The lowest BCUT2D eigenvalue weighted by Gasteiger charge is -2.03. The molecule has 0 atom stereocenters. The number of aromatic nitrogens is 1. The monoisotopic (exact) mass is 302 g/mol. The average molecular weight is 302 g/mol. The van der Waals surface area contributed by atoms with Gasteiger partial charge in [-0.05, 0) is 37.5 Å². The van der Waals surface area contributed by atoms with Crippen LogP contribution in [0.15, 0.2) is 24.3 Å². The van der Waals surface area contributed by atoms with Crippen LogP contribution in [-0.2, 0) is 9.53 Å². The van der Waals surface area contributed by atoms with Crippen molar-refractivity contribution in [3.05, 3.63) is 35.5 Å². The number of carbonyl (C=O) groups is 2. The number of esters is 1. The van der Waals surface area contributed by atoms with Gasteiger partial charge < -0.3 is 15.0 Å². The molecule has 118 valence electrons. The summed E-state index contributed by atoms with van der Waals surface area (Å²) in [5.74, 6) is -0.278. The van der Waals surface area contributed by atoms with E-state index in [-0.39, 0.29) is 11.9 Å². The van der Waals surface area contributed by atoms with Crippen molar-refractivity contribution >= 4 is 22.8 Å². The maximum Gasteiger partial charge on any atom is 0.305 e. The molecule has 0 bridgehead atoms. The Morgan fingerprint density at radius 1 is 1.18 bits per heavy atom. The molecule has 0 saturated carbocycles. The summed E-state index contributed by atoms with van der Waals surface area (Å²) in [6.45, 7) is 2.63. The number of methoxy groups -OCH3 is 1. The number of H-pyrrole nitrogens is 1. The maximum absolute atomic E-state index is 12.1. The van der Waals surface area contributed by atoms with E-state index < -0.39 is 0 Å². The van der Waals surface area contributed by atoms with Crippen LogP contribution in [0.25, 0.3) is 10.9 Å². The van der Waals surface area contributed by atoms with Crippen molar-refractivity contribution in [1.29, 1.82) is 0 Å². The van der Waals surface area contributed by atoms with Gasteiger partial charge in [0.05, 0.1) is 7.11 Å². The fourth-order valence-corrected chi connectivity index (χ4v) is 2.33. The predicted octanol–water partition coefficient (Wildman–Crippen LogP) is 2.94. The highest BCUT2D eigenvalue weighted by Gasteiger charge is 2.08. The molecule has 0 aliphatic heterocycles. The Balaban J connectivity index is 1.75. The first-order valence-corrected chi connectivity index (χ1v) is 7.54. The number of carbonyl (C=O) groups excluding carboxylic acids is 2. The average Bonchev–Trinajstić information content (AvgIpc) is 2.93. The number of aromatic amines is 1. The third-order valence-corrected chi connectivity index (χ3v) is 3.59. The molecule has 2 aromatic rings. The van der Waals surface area contributed by atoms with E-state index in [1.165, 1.54) is 7.11 Å². The van der Waals surface area contributed by atoms with Gasteiger partial charge >= 0.3 is 5.97 Å². The van der Waals surface area contributed by atoms with Crippen molar-refractivity contribution in [3.8, 4) is 0 Å². The molecule has 5 nitrogen and oxygen atoms in total. The first kappa shape index (κ1) is 16.1. The van der Waals surface area contributed by atoms with Crippen molar-refractivity contribution in [3.63, 3.8) is 0 Å². The van der Waals surface area contributed by atoms with Gasteiger partial charge in [0.15, 0.2) is 0 Å². The quantitative estimate of drug-likeness (QED) is 0.610. The summed E-state index contributed by atoms with van der Waals surface area (Å²) in [5.41, 5.74) is 2.71. The number of rotatable bonds is 7. The van der Waals surface area contributed by atoms with Crippen LogP contribution in [0.3, 0.4) is 0 Å². The second-order valence-electron chi connectivity index (χ2n) is 5.42. The molecule has 0 aliphatic carbocycles. The number of hydrogen-bond acceptors (Lipinski definition) is 3. The van der Waals surface area contributed by atoms with Crippen LogP contribution in [0.1, 0.15) is 41.7 Å². The zero-order chi connectivity index (χ0) is 15.9. The lowest BCUT2D eigenvalue weighted by molar-refractivity contribution is -0.140. The van der Waals surface area contributed by atoms with Gasteiger partial charge in [0.1, 0.15) is 5.69 Å². The Morgan fingerprint density at radius 3 is 2.77 bits per heavy atom. The summed E-state index contributed by atoms with van der Waals surface area (Å²) >= 11 is 0. The summed E-state index contributed by atoms with van der Waals surface area (Å²) in [6, 6.07) is 7.92. The van der Waals surface area contributed by atoms with Crippen LogP contribution in [0.2, 0.25) is 0 Å². The molecule has 0 fully saturated rings. The highest BCUT2D eigenvalue weighted by Crippen LogP contribution is 2.16. The minimum Gasteiger partial charge on any atom is -0.469 e. The Morgan fingerprint density at radius 2 is 2.00 bits per heavy atom. The molecule has 1 heterocycles. The molecule has 0 spiro atoms. The summed E-state index contributed by atoms with van der Waals surface area (Å²) in [5, 5.41) is 3.93. The van der Waals surface area contributed by atoms with Crippen molar-refractivity contribution in [2.75, 3.05) is 13.7 Å². The Kier molecular flexibility index (Phi) is 5.58. The SMILES string of the molecule is COC(=O)CCCCCNC(=O)c1cc2ccc(C)cc2[nH]1. The molecule has 0 radical (unpaired) electrons. The minimum atomic E-state index is -0.183. The first-order valence-electron chi connectivity index (χ1n) is 7.54. The largest absolute Gasteiger partial charge is 0.469 e. The fourth-order valence-electron chi connectivity index (χ4n) is 2.33. The van der Waals surface area contributed by atoms with Crippen LogP contribution in [-0.4, -0.2) is 30.5 Å². The minimum absolute atomic E-state index is 0.0955. The second-order valence-corrected chi connectivity index (χ2v) is 5.42. The van der Waals surface area contributed by atoms with Gasteiger partial charge in [0.25, 0.3) is 5.91 Å². The van der Waals surface area contributed by atoms with E-state index in [9.17, 15) is 9.59 Å². The zero-order valence-electron chi connectivity index (χ0n) is 13.1. The topological polar surface area (TPSA) is 71.2 Å². The molecule has 0 saturated heterocycles. The molecule has 2 rings (SSSR count). The van der Waals surface area contributed by atoms with Gasteiger partial charge in [-0.3, -0.25) is 9.59 Å². The standard InChI is InChI=1S/C17H22N2O3/c1-12-7-8-13-11-15(19-14(13)10-12)17(21)18-9-5-3-4-6-16(20)22-2/h7-8,10-11,19H,3-6,9H2,1-2H3,(H,18,21). The molecule has 1 amide bonds. The van der Waals surface area contributed by atoms with E-state index in [0.717, 1.165) is 35.7 Å². The predicted molar refractivity (Wildman–Crippen MR) is 85.9 cm³/mol. The molecule has 22 heavy (non-hydrogen) atoms. The third-order valence-electron chi connectivity index (χ3n) is 3.59. The third kappa shape index (κ3) is 4.35. The zero-order valence-corrected chi connectivity index (χ0v) is 13.1.